The lowest BCUT2D eigenvalue weighted by molar-refractivity contribution is 0.00779. The van der Waals surface area contributed by atoms with Crippen molar-refractivity contribution >= 4 is 0 Å². The predicted molar refractivity (Wildman–Crippen MR) is 78.7 cm³/mol. The maximum Gasteiger partial charge on any atom is 0.0623 e. The second kappa shape index (κ2) is 6.38. The summed E-state index contributed by atoms with van der Waals surface area (Å²) >= 11 is 0. The summed E-state index contributed by atoms with van der Waals surface area (Å²) in [5.41, 5.74) is 6.95. The summed E-state index contributed by atoms with van der Waals surface area (Å²) in [5, 5.41) is 0. The van der Waals surface area contributed by atoms with Gasteiger partial charge in [0.2, 0.25) is 0 Å². The number of ether oxygens (including phenoxy) is 1. The molecule has 18 heavy (non-hydrogen) atoms. The predicted octanol–water partition coefficient (Wildman–Crippen LogP) is 4.13. The zero-order valence-electron chi connectivity index (χ0n) is 13.1. The fourth-order valence-corrected chi connectivity index (χ4v) is 3.53. The molecule has 0 spiro atoms. The monoisotopic (exact) mass is 255 g/mol. The molecule has 0 aliphatic heterocycles. The first kappa shape index (κ1) is 16.0. The van der Waals surface area contributed by atoms with Gasteiger partial charge in [0.05, 0.1) is 5.60 Å². The van der Waals surface area contributed by atoms with Crippen LogP contribution in [0.2, 0.25) is 0 Å². The van der Waals surface area contributed by atoms with Gasteiger partial charge in [0.1, 0.15) is 0 Å². The Hall–Kier alpha value is -0.0800. The van der Waals surface area contributed by atoms with E-state index in [1.165, 1.54) is 32.1 Å². The molecule has 2 heteroatoms. The molecule has 1 aliphatic carbocycles. The van der Waals surface area contributed by atoms with E-state index in [9.17, 15) is 0 Å². The van der Waals surface area contributed by atoms with Gasteiger partial charge in [0, 0.05) is 13.2 Å². The van der Waals surface area contributed by atoms with E-state index < -0.39 is 0 Å². The zero-order valence-corrected chi connectivity index (χ0v) is 13.1. The van der Waals surface area contributed by atoms with Crippen molar-refractivity contribution < 1.29 is 4.74 Å². The summed E-state index contributed by atoms with van der Waals surface area (Å²) in [5.74, 6) is 0.754. The fourth-order valence-electron chi connectivity index (χ4n) is 3.53. The Morgan fingerprint density at radius 2 is 1.78 bits per heavy atom. The fraction of sp³-hybridized carbons (Fsp3) is 1.00. The minimum absolute atomic E-state index is 0.0325. The van der Waals surface area contributed by atoms with Crippen LogP contribution in [-0.4, -0.2) is 18.8 Å². The van der Waals surface area contributed by atoms with Crippen molar-refractivity contribution in [1.82, 2.24) is 0 Å². The second-order valence-electron chi connectivity index (χ2n) is 7.28. The lowest BCUT2D eigenvalue weighted by Gasteiger charge is -2.38. The van der Waals surface area contributed by atoms with E-state index in [2.05, 4.69) is 27.7 Å². The molecule has 0 aromatic heterocycles. The summed E-state index contributed by atoms with van der Waals surface area (Å²) < 4.78 is 5.51. The molecule has 1 aliphatic rings. The van der Waals surface area contributed by atoms with Crippen LogP contribution in [0.3, 0.4) is 0 Å². The molecule has 0 radical (unpaired) electrons. The summed E-state index contributed by atoms with van der Waals surface area (Å²) in [6.07, 6.45) is 8.85. The highest BCUT2D eigenvalue weighted by Crippen LogP contribution is 2.46. The normalized spacial score (nSPS) is 21.5. The lowest BCUT2D eigenvalue weighted by atomic mass is 9.71. The number of nitrogens with two attached hydrogens (primary N) is 1. The largest absolute Gasteiger partial charge is 0.379 e. The molecule has 1 saturated carbocycles. The number of hydrogen-bond acceptors (Lipinski definition) is 2. The van der Waals surface area contributed by atoms with Crippen LogP contribution in [0.4, 0.5) is 0 Å². The number of rotatable bonds is 7. The van der Waals surface area contributed by atoms with Gasteiger partial charge in [-0.25, -0.2) is 0 Å². The molecule has 108 valence electrons. The molecule has 2 nitrogen and oxygen atoms in total. The highest BCUT2D eigenvalue weighted by Gasteiger charge is 2.40. The molecule has 0 aromatic rings. The first-order valence-corrected chi connectivity index (χ1v) is 7.62. The van der Waals surface area contributed by atoms with Crippen LogP contribution in [0, 0.1) is 11.3 Å². The lowest BCUT2D eigenvalue weighted by Crippen LogP contribution is -2.42. The van der Waals surface area contributed by atoms with Gasteiger partial charge in [-0.1, -0.05) is 26.7 Å². The van der Waals surface area contributed by atoms with Crippen LogP contribution in [0.25, 0.3) is 0 Å². The Labute approximate surface area is 114 Å². The van der Waals surface area contributed by atoms with Crippen LogP contribution in [0.5, 0.6) is 0 Å². The van der Waals surface area contributed by atoms with Crippen LogP contribution in [0.1, 0.15) is 72.6 Å². The third-order valence-electron chi connectivity index (χ3n) is 4.81. The smallest absolute Gasteiger partial charge is 0.0623 e. The SMILES string of the molecule is COC(C)(C)CCC(N)C1(CC(C)C)CCCC1. The molecule has 0 amide bonds. The van der Waals surface area contributed by atoms with Crippen LogP contribution < -0.4 is 5.73 Å². The highest BCUT2D eigenvalue weighted by atomic mass is 16.5. The van der Waals surface area contributed by atoms with E-state index >= 15 is 0 Å². The van der Waals surface area contributed by atoms with Gasteiger partial charge < -0.3 is 10.5 Å². The molecule has 0 saturated heterocycles. The van der Waals surface area contributed by atoms with E-state index in [-0.39, 0.29) is 5.60 Å². The maximum atomic E-state index is 6.57. The van der Waals surface area contributed by atoms with E-state index in [1.54, 1.807) is 7.11 Å². The maximum absolute atomic E-state index is 6.57. The molecule has 0 bridgehead atoms. The van der Waals surface area contributed by atoms with Crippen molar-refractivity contribution in [2.24, 2.45) is 17.1 Å². The Morgan fingerprint density at radius 3 is 2.22 bits per heavy atom. The third-order valence-corrected chi connectivity index (χ3v) is 4.81. The molecule has 1 fully saturated rings. The van der Waals surface area contributed by atoms with Gasteiger partial charge in [-0.15, -0.1) is 0 Å². The van der Waals surface area contributed by atoms with E-state index in [4.69, 9.17) is 10.5 Å². The molecule has 1 unspecified atom stereocenters. The van der Waals surface area contributed by atoms with Crippen molar-refractivity contribution in [1.29, 1.82) is 0 Å². The quantitative estimate of drug-likeness (QED) is 0.742. The van der Waals surface area contributed by atoms with Crippen molar-refractivity contribution in [3.63, 3.8) is 0 Å². The van der Waals surface area contributed by atoms with Crippen LogP contribution in [-0.2, 0) is 4.74 Å². The molecular weight excluding hydrogens is 222 g/mol. The molecule has 0 heterocycles. The second-order valence-corrected chi connectivity index (χ2v) is 7.28. The van der Waals surface area contributed by atoms with Crippen molar-refractivity contribution in [2.75, 3.05) is 7.11 Å². The van der Waals surface area contributed by atoms with Gasteiger partial charge in [-0.2, -0.15) is 0 Å². The van der Waals surface area contributed by atoms with Gasteiger partial charge in [-0.05, 0) is 57.3 Å². The van der Waals surface area contributed by atoms with E-state index in [0.29, 0.717) is 11.5 Å². The van der Waals surface area contributed by atoms with Crippen molar-refractivity contribution in [3.05, 3.63) is 0 Å². The Balaban J connectivity index is 2.58. The summed E-state index contributed by atoms with van der Waals surface area (Å²) in [7, 11) is 1.80. The Bertz CT molecular complexity index is 241. The van der Waals surface area contributed by atoms with Gasteiger partial charge in [-0.3, -0.25) is 0 Å². The number of hydrogen-bond donors (Lipinski definition) is 1. The topological polar surface area (TPSA) is 35.2 Å². The van der Waals surface area contributed by atoms with E-state index in [1.807, 2.05) is 0 Å². The first-order valence-electron chi connectivity index (χ1n) is 7.62. The third kappa shape index (κ3) is 4.24. The molecule has 1 atom stereocenters. The van der Waals surface area contributed by atoms with Crippen molar-refractivity contribution in [2.45, 2.75) is 84.3 Å². The average molecular weight is 255 g/mol. The zero-order chi connectivity index (χ0) is 13.8. The van der Waals surface area contributed by atoms with Gasteiger partial charge in [0.15, 0.2) is 0 Å². The van der Waals surface area contributed by atoms with Gasteiger partial charge in [0.25, 0.3) is 0 Å². The summed E-state index contributed by atoms with van der Waals surface area (Å²) in [4.78, 5) is 0. The molecule has 0 aromatic carbocycles. The highest BCUT2D eigenvalue weighted by molar-refractivity contribution is 4.94. The molecule has 1 rings (SSSR count). The van der Waals surface area contributed by atoms with Crippen LogP contribution >= 0.6 is 0 Å². The Kier molecular flexibility index (Phi) is 5.67. The standard InChI is InChI=1S/C16H33NO/c1-13(2)12-16(9-6-7-10-16)14(17)8-11-15(3,4)18-5/h13-14H,6-12,17H2,1-5H3. The minimum Gasteiger partial charge on any atom is -0.379 e. The van der Waals surface area contributed by atoms with Crippen LogP contribution in [0.15, 0.2) is 0 Å². The molecule has 2 N–H and O–H groups in total. The average Bonchev–Trinajstić information content (AvgIpc) is 2.75. The first-order chi connectivity index (χ1) is 8.31. The minimum atomic E-state index is -0.0325. The van der Waals surface area contributed by atoms with Gasteiger partial charge >= 0.3 is 0 Å². The summed E-state index contributed by atoms with van der Waals surface area (Å²) in [6, 6.07) is 0.344. The van der Waals surface area contributed by atoms with E-state index in [0.717, 1.165) is 18.8 Å². The summed E-state index contributed by atoms with van der Waals surface area (Å²) in [6.45, 7) is 8.96. The Morgan fingerprint density at radius 1 is 1.22 bits per heavy atom. The molecular formula is C16H33NO. The number of methoxy groups -OCH3 is 1. The van der Waals surface area contributed by atoms with Crippen molar-refractivity contribution in [3.8, 4) is 0 Å².